The van der Waals surface area contributed by atoms with Crippen LogP contribution in [-0.4, -0.2) is 25.8 Å². The molecule has 6 heteroatoms. The first kappa shape index (κ1) is 13.5. The fraction of sp³-hybridized carbons (Fsp3) is 0.400. The van der Waals surface area contributed by atoms with Crippen LogP contribution in [0.4, 0.5) is 5.69 Å². The monoisotopic (exact) mass is 306 g/mol. The van der Waals surface area contributed by atoms with Gasteiger partial charge in [-0.25, -0.2) is 8.42 Å². The number of hydrogen-bond donors (Lipinski definition) is 1. The minimum absolute atomic E-state index is 0.166. The van der Waals surface area contributed by atoms with Gasteiger partial charge >= 0.3 is 0 Å². The second kappa shape index (κ2) is 5.16. The molecule has 0 saturated heterocycles. The molecule has 90 valence electrons. The Morgan fingerprint density at radius 2 is 1.88 bits per heavy atom. The number of sulfonamides is 1. The Kier molecular flexibility index (Phi) is 4.35. The number of hydrogen-bond acceptors (Lipinski definition) is 3. The highest BCUT2D eigenvalue weighted by atomic mass is 79.9. The van der Waals surface area contributed by atoms with Gasteiger partial charge in [0.15, 0.2) is 0 Å². The van der Waals surface area contributed by atoms with Crippen molar-refractivity contribution >= 4 is 31.6 Å². The molecule has 0 aliphatic rings. The van der Waals surface area contributed by atoms with Gasteiger partial charge in [-0.15, -0.1) is 0 Å². The average Bonchev–Trinajstić information content (AvgIpc) is 2.18. The molecule has 0 fully saturated rings. The number of nitrogen functional groups attached to an aromatic ring is 1. The summed E-state index contributed by atoms with van der Waals surface area (Å²) in [4.78, 5) is 0.166. The van der Waals surface area contributed by atoms with E-state index < -0.39 is 10.0 Å². The maximum Gasteiger partial charge on any atom is 0.245 e. The molecule has 0 unspecified atom stereocenters. The standard InChI is InChI=1S/C10H15BrN2O2S/c1-3-13(4-2)16(14,15)10-6-5-8(11)7-9(10)12/h5-7H,3-4,12H2,1-2H3. The summed E-state index contributed by atoms with van der Waals surface area (Å²) in [7, 11) is -3.46. The molecule has 1 rings (SSSR count). The van der Waals surface area contributed by atoms with Crippen LogP contribution < -0.4 is 5.73 Å². The molecule has 0 atom stereocenters. The van der Waals surface area contributed by atoms with E-state index in [0.29, 0.717) is 13.1 Å². The summed E-state index contributed by atoms with van der Waals surface area (Å²) >= 11 is 3.25. The van der Waals surface area contributed by atoms with E-state index in [1.54, 1.807) is 26.0 Å². The number of nitrogens with zero attached hydrogens (tertiary/aromatic N) is 1. The van der Waals surface area contributed by atoms with Crippen LogP contribution in [-0.2, 0) is 10.0 Å². The molecule has 1 aromatic carbocycles. The first-order valence-corrected chi connectivity index (χ1v) is 7.22. The highest BCUT2D eigenvalue weighted by molar-refractivity contribution is 9.10. The molecule has 0 radical (unpaired) electrons. The highest BCUT2D eigenvalue weighted by Gasteiger charge is 2.23. The van der Waals surface area contributed by atoms with E-state index in [2.05, 4.69) is 15.9 Å². The molecular weight excluding hydrogens is 292 g/mol. The Bertz CT molecular complexity index is 470. The van der Waals surface area contributed by atoms with E-state index in [1.165, 1.54) is 10.4 Å². The zero-order valence-corrected chi connectivity index (χ0v) is 11.7. The second-order valence-electron chi connectivity index (χ2n) is 3.27. The minimum atomic E-state index is -3.46. The summed E-state index contributed by atoms with van der Waals surface area (Å²) in [5.41, 5.74) is 5.98. The van der Waals surface area contributed by atoms with Crippen LogP contribution in [0.2, 0.25) is 0 Å². The predicted molar refractivity (Wildman–Crippen MR) is 68.7 cm³/mol. The summed E-state index contributed by atoms with van der Waals surface area (Å²) in [6.45, 7) is 4.48. The number of nitrogens with two attached hydrogens (primary N) is 1. The maximum atomic E-state index is 12.2. The number of benzene rings is 1. The molecule has 0 saturated carbocycles. The largest absolute Gasteiger partial charge is 0.398 e. The van der Waals surface area contributed by atoms with Crippen LogP contribution in [0.1, 0.15) is 13.8 Å². The summed E-state index contributed by atoms with van der Waals surface area (Å²) in [5.74, 6) is 0. The van der Waals surface area contributed by atoms with Crippen molar-refractivity contribution in [3.63, 3.8) is 0 Å². The molecule has 2 N–H and O–H groups in total. The molecule has 16 heavy (non-hydrogen) atoms. The van der Waals surface area contributed by atoms with E-state index in [1.807, 2.05) is 0 Å². The molecular formula is C10H15BrN2O2S. The van der Waals surface area contributed by atoms with Gasteiger partial charge < -0.3 is 5.73 Å². The molecule has 1 aromatic rings. The van der Waals surface area contributed by atoms with Crippen LogP contribution in [0.5, 0.6) is 0 Å². The van der Waals surface area contributed by atoms with Gasteiger partial charge in [0.25, 0.3) is 0 Å². The van der Waals surface area contributed by atoms with Crippen molar-refractivity contribution in [2.45, 2.75) is 18.7 Å². The van der Waals surface area contributed by atoms with Crippen LogP contribution in [0, 0.1) is 0 Å². The summed E-state index contributed by atoms with van der Waals surface area (Å²) in [6, 6.07) is 4.79. The third-order valence-electron chi connectivity index (χ3n) is 2.30. The zero-order valence-electron chi connectivity index (χ0n) is 9.27. The Labute approximate surface area is 105 Å². The van der Waals surface area contributed by atoms with Crippen LogP contribution in [0.25, 0.3) is 0 Å². The van der Waals surface area contributed by atoms with Gasteiger partial charge in [0.1, 0.15) is 4.90 Å². The van der Waals surface area contributed by atoms with Crippen molar-refractivity contribution in [3.05, 3.63) is 22.7 Å². The van der Waals surface area contributed by atoms with Crippen molar-refractivity contribution < 1.29 is 8.42 Å². The summed E-state index contributed by atoms with van der Waals surface area (Å²) < 4.78 is 26.5. The third-order valence-corrected chi connectivity index (χ3v) is 4.91. The molecule has 0 aliphatic heterocycles. The summed E-state index contributed by atoms with van der Waals surface area (Å²) in [5, 5.41) is 0. The Morgan fingerprint density at radius 1 is 1.31 bits per heavy atom. The van der Waals surface area contributed by atoms with E-state index in [-0.39, 0.29) is 10.6 Å². The number of rotatable bonds is 4. The SMILES string of the molecule is CCN(CC)S(=O)(=O)c1ccc(Br)cc1N. The van der Waals surface area contributed by atoms with Gasteiger partial charge in [0, 0.05) is 17.6 Å². The zero-order chi connectivity index (χ0) is 12.3. The van der Waals surface area contributed by atoms with Crippen LogP contribution in [0.15, 0.2) is 27.6 Å². The number of anilines is 1. The van der Waals surface area contributed by atoms with E-state index in [4.69, 9.17) is 5.73 Å². The number of halogens is 1. The molecule has 0 aromatic heterocycles. The second-order valence-corrected chi connectivity index (χ2v) is 6.09. The van der Waals surface area contributed by atoms with Crippen molar-refractivity contribution in [2.75, 3.05) is 18.8 Å². The molecule has 0 aliphatic carbocycles. The third kappa shape index (κ3) is 2.56. The molecule has 0 heterocycles. The molecule has 0 bridgehead atoms. The molecule has 0 spiro atoms. The lowest BCUT2D eigenvalue weighted by molar-refractivity contribution is 0.445. The lowest BCUT2D eigenvalue weighted by Crippen LogP contribution is -2.31. The Morgan fingerprint density at radius 3 is 2.31 bits per heavy atom. The Balaban J connectivity index is 3.27. The van der Waals surface area contributed by atoms with Crippen molar-refractivity contribution in [2.24, 2.45) is 0 Å². The van der Waals surface area contributed by atoms with Gasteiger partial charge in [-0.2, -0.15) is 4.31 Å². The first-order chi connectivity index (χ1) is 7.43. The van der Waals surface area contributed by atoms with Crippen LogP contribution >= 0.6 is 15.9 Å². The van der Waals surface area contributed by atoms with E-state index in [0.717, 1.165) is 4.47 Å². The quantitative estimate of drug-likeness (QED) is 0.866. The average molecular weight is 307 g/mol. The minimum Gasteiger partial charge on any atom is -0.398 e. The van der Waals surface area contributed by atoms with Crippen molar-refractivity contribution in [1.82, 2.24) is 4.31 Å². The smallest absolute Gasteiger partial charge is 0.245 e. The van der Waals surface area contributed by atoms with Gasteiger partial charge in [-0.1, -0.05) is 29.8 Å². The topological polar surface area (TPSA) is 63.4 Å². The van der Waals surface area contributed by atoms with E-state index >= 15 is 0 Å². The van der Waals surface area contributed by atoms with Crippen molar-refractivity contribution in [3.8, 4) is 0 Å². The van der Waals surface area contributed by atoms with Crippen LogP contribution in [0.3, 0.4) is 0 Å². The Hall–Kier alpha value is -0.590. The summed E-state index contributed by atoms with van der Waals surface area (Å²) in [6.07, 6.45) is 0. The van der Waals surface area contributed by atoms with Crippen molar-refractivity contribution in [1.29, 1.82) is 0 Å². The van der Waals surface area contributed by atoms with Gasteiger partial charge in [-0.3, -0.25) is 0 Å². The lowest BCUT2D eigenvalue weighted by atomic mass is 10.3. The lowest BCUT2D eigenvalue weighted by Gasteiger charge is -2.19. The molecule has 0 amide bonds. The molecule has 4 nitrogen and oxygen atoms in total. The van der Waals surface area contributed by atoms with Gasteiger partial charge in [-0.05, 0) is 18.2 Å². The highest BCUT2D eigenvalue weighted by Crippen LogP contribution is 2.25. The maximum absolute atomic E-state index is 12.2. The van der Waals surface area contributed by atoms with Gasteiger partial charge in [0.05, 0.1) is 5.69 Å². The predicted octanol–water partition coefficient (Wildman–Crippen LogP) is 2.06. The fourth-order valence-electron chi connectivity index (χ4n) is 1.46. The van der Waals surface area contributed by atoms with Gasteiger partial charge in [0.2, 0.25) is 10.0 Å². The first-order valence-electron chi connectivity index (χ1n) is 4.98. The normalized spacial score (nSPS) is 12.0. The van der Waals surface area contributed by atoms with E-state index in [9.17, 15) is 8.42 Å². The fourth-order valence-corrected chi connectivity index (χ4v) is 3.39.